The van der Waals surface area contributed by atoms with Gasteiger partial charge in [0.1, 0.15) is 18.1 Å². The summed E-state index contributed by atoms with van der Waals surface area (Å²) in [6.45, 7) is 2.65. The number of benzene rings is 2. The van der Waals surface area contributed by atoms with Gasteiger partial charge in [0.2, 0.25) is 0 Å². The number of hydrazone groups is 1. The highest BCUT2D eigenvalue weighted by molar-refractivity contribution is 5.81. The van der Waals surface area contributed by atoms with Crippen LogP contribution >= 0.6 is 0 Å². The van der Waals surface area contributed by atoms with Gasteiger partial charge >= 0.3 is 6.09 Å². The van der Waals surface area contributed by atoms with E-state index in [1.165, 1.54) is 6.21 Å². The van der Waals surface area contributed by atoms with E-state index >= 15 is 0 Å². The summed E-state index contributed by atoms with van der Waals surface area (Å²) in [7, 11) is 1.57. The van der Waals surface area contributed by atoms with Crippen molar-refractivity contribution < 1.29 is 19.0 Å². The lowest BCUT2D eigenvalue weighted by Crippen LogP contribution is -2.18. The Labute approximate surface area is 141 Å². The van der Waals surface area contributed by atoms with Crippen molar-refractivity contribution in [3.05, 3.63) is 59.7 Å². The Balaban J connectivity index is 1.80. The van der Waals surface area contributed by atoms with Crippen LogP contribution in [0.25, 0.3) is 0 Å². The monoisotopic (exact) mass is 328 g/mol. The smallest absolute Gasteiger partial charge is 0.428 e. The maximum absolute atomic E-state index is 11.6. The van der Waals surface area contributed by atoms with Crippen molar-refractivity contribution in [2.24, 2.45) is 5.10 Å². The SMILES string of the molecule is CCOc1ccc(/C=N/NC(=O)OCc2ccccc2OC)cc1. The van der Waals surface area contributed by atoms with Crippen molar-refractivity contribution in [1.82, 2.24) is 5.43 Å². The lowest BCUT2D eigenvalue weighted by Gasteiger charge is -2.08. The first-order valence-electron chi connectivity index (χ1n) is 7.53. The fourth-order valence-electron chi connectivity index (χ4n) is 1.97. The Bertz CT molecular complexity index is 684. The summed E-state index contributed by atoms with van der Waals surface area (Å²) >= 11 is 0. The van der Waals surface area contributed by atoms with E-state index in [1.54, 1.807) is 13.2 Å². The molecule has 0 aromatic heterocycles. The summed E-state index contributed by atoms with van der Waals surface area (Å²) in [4.78, 5) is 11.6. The maximum Gasteiger partial charge on any atom is 0.428 e. The van der Waals surface area contributed by atoms with E-state index < -0.39 is 6.09 Å². The molecule has 6 heteroatoms. The molecule has 0 atom stereocenters. The third-order valence-electron chi connectivity index (χ3n) is 3.11. The van der Waals surface area contributed by atoms with Crippen LogP contribution in [0.2, 0.25) is 0 Å². The van der Waals surface area contributed by atoms with Gasteiger partial charge in [-0.3, -0.25) is 0 Å². The van der Waals surface area contributed by atoms with E-state index in [0.29, 0.717) is 12.4 Å². The quantitative estimate of drug-likeness (QED) is 0.625. The molecule has 2 aromatic rings. The highest BCUT2D eigenvalue weighted by atomic mass is 16.6. The Morgan fingerprint density at radius 2 is 1.92 bits per heavy atom. The highest BCUT2D eigenvalue weighted by Gasteiger charge is 2.05. The number of methoxy groups -OCH3 is 1. The molecule has 1 N–H and O–H groups in total. The normalized spacial score (nSPS) is 10.4. The molecule has 0 aliphatic carbocycles. The van der Waals surface area contributed by atoms with Crippen LogP contribution in [0.1, 0.15) is 18.1 Å². The first kappa shape index (κ1) is 17.3. The molecule has 0 saturated carbocycles. The van der Waals surface area contributed by atoms with E-state index in [0.717, 1.165) is 16.9 Å². The van der Waals surface area contributed by atoms with Crippen LogP contribution in [-0.4, -0.2) is 26.0 Å². The van der Waals surface area contributed by atoms with Crippen LogP contribution in [0.4, 0.5) is 4.79 Å². The fraction of sp³-hybridized carbons (Fsp3) is 0.222. The van der Waals surface area contributed by atoms with Gasteiger partial charge in [-0.25, -0.2) is 10.2 Å². The maximum atomic E-state index is 11.6. The van der Waals surface area contributed by atoms with Crippen molar-refractivity contribution >= 4 is 12.3 Å². The number of nitrogens with one attached hydrogen (secondary N) is 1. The van der Waals surface area contributed by atoms with E-state index in [4.69, 9.17) is 14.2 Å². The van der Waals surface area contributed by atoms with Crippen molar-refractivity contribution in [3.8, 4) is 11.5 Å². The van der Waals surface area contributed by atoms with E-state index in [-0.39, 0.29) is 6.61 Å². The van der Waals surface area contributed by atoms with Gasteiger partial charge in [-0.15, -0.1) is 0 Å². The van der Waals surface area contributed by atoms with Gasteiger partial charge in [-0.1, -0.05) is 18.2 Å². The highest BCUT2D eigenvalue weighted by Crippen LogP contribution is 2.17. The first-order valence-corrected chi connectivity index (χ1v) is 7.53. The molecular formula is C18H20N2O4. The first-order chi connectivity index (χ1) is 11.7. The summed E-state index contributed by atoms with van der Waals surface area (Å²) in [6, 6.07) is 14.7. The topological polar surface area (TPSA) is 69.2 Å². The van der Waals surface area contributed by atoms with Crippen LogP contribution < -0.4 is 14.9 Å². The Hall–Kier alpha value is -3.02. The van der Waals surface area contributed by atoms with E-state index in [1.807, 2.05) is 49.4 Å². The third-order valence-corrected chi connectivity index (χ3v) is 3.11. The number of hydrogen-bond acceptors (Lipinski definition) is 5. The Morgan fingerprint density at radius 1 is 1.17 bits per heavy atom. The average molecular weight is 328 g/mol. The molecule has 2 rings (SSSR count). The summed E-state index contributed by atoms with van der Waals surface area (Å²) in [6.07, 6.45) is 0.892. The van der Waals surface area contributed by atoms with Crippen LogP contribution in [0.15, 0.2) is 53.6 Å². The van der Waals surface area contributed by atoms with Crippen molar-refractivity contribution in [2.45, 2.75) is 13.5 Å². The third kappa shape index (κ3) is 5.31. The number of carbonyl (C=O) groups excluding carboxylic acids is 1. The minimum atomic E-state index is -0.636. The molecule has 6 nitrogen and oxygen atoms in total. The molecule has 0 radical (unpaired) electrons. The average Bonchev–Trinajstić information content (AvgIpc) is 2.62. The fourth-order valence-corrected chi connectivity index (χ4v) is 1.97. The second-order valence-electron chi connectivity index (χ2n) is 4.76. The molecule has 0 bridgehead atoms. The van der Waals surface area contributed by atoms with Gasteiger partial charge in [0, 0.05) is 5.56 Å². The molecule has 0 heterocycles. The number of carbonyl (C=O) groups is 1. The zero-order valence-corrected chi connectivity index (χ0v) is 13.7. The standard InChI is InChI=1S/C18H20N2O4/c1-3-23-16-10-8-14(9-11-16)12-19-20-18(21)24-13-15-6-4-5-7-17(15)22-2/h4-12H,3,13H2,1-2H3,(H,20,21)/b19-12+. The lowest BCUT2D eigenvalue weighted by molar-refractivity contribution is 0.139. The van der Waals surface area contributed by atoms with Crippen molar-refractivity contribution in [3.63, 3.8) is 0 Å². The summed E-state index contributed by atoms with van der Waals surface area (Å²) in [5, 5.41) is 3.85. The van der Waals surface area contributed by atoms with Crippen LogP contribution in [0, 0.1) is 0 Å². The minimum absolute atomic E-state index is 0.106. The van der Waals surface area contributed by atoms with Crippen LogP contribution in [0.5, 0.6) is 11.5 Å². The number of ether oxygens (including phenoxy) is 3. The molecule has 2 aromatic carbocycles. The molecule has 0 fully saturated rings. The Kier molecular flexibility index (Phi) is 6.64. The predicted molar refractivity (Wildman–Crippen MR) is 91.5 cm³/mol. The molecule has 0 aliphatic rings. The number of amides is 1. The van der Waals surface area contributed by atoms with Crippen molar-refractivity contribution in [2.75, 3.05) is 13.7 Å². The molecule has 24 heavy (non-hydrogen) atoms. The summed E-state index contributed by atoms with van der Waals surface area (Å²) < 4.78 is 15.6. The summed E-state index contributed by atoms with van der Waals surface area (Å²) in [5.41, 5.74) is 3.93. The van der Waals surface area contributed by atoms with E-state index in [2.05, 4.69) is 10.5 Å². The zero-order valence-electron chi connectivity index (χ0n) is 13.7. The second-order valence-corrected chi connectivity index (χ2v) is 4.76. The van der Waals surface area contributed by atoms with Crippen LogP contribution in [0.3, 0.4) is 0 Å². The second kappa shape index (κ2) is 9.19. The van der Waals surface area contributed by atoms with Gasteiger partial charge in [-0.2, -0.15) is 5.10 Å². The molecular weight excluding hydrogens is 308 g/mol. The van der Waals surface area contributed by atoms with Crippen molar-refractivity contribution in [1.29, 1.82) is 0 Å². The molecule has 0 spiro atoms. The van der Waals surface area contributed by atoms with Gasteiger partial charge in [-0.05, 0) is 42.8 Å². The zero-order chi connectivity index (χ0) is 17.2. The predicted octanol–water partition coefficient (Wildman–Crippen LogP) is 3.35. The van der Waals surface area contributed by atoms with Gasteiger partial charge in [0.25, 0.3) is 0 Å². The van der Waals surface area contributed by atoms with Gasteiger partial charge in [0.15, 0.2) is 0 Å². The summed E-state index contributed by atoms with van der Waals surface area (Å²) in [5.74, 6) is 1.46. The molecule has 126 valence electrons. The van der Waals surface area contributed by atoms with Gasteiger partial charge < -0.3 is 14.2 Å². The number of hydrogen-bond donors (Lipinski definition) is 1. The minimum Gasteiger partial charge on any atom is -0.496 e. The largest absolute Gasteiger partial charge is 0.496 e. The number of para-hydroxylation sites is 1. The lowest BCUT2D eigenvalue weighted by atomic mass is 10.2. The van der Waals surface area contributed by atoms with Gasteiger partial charge in [0.05, 0.1) is 19.9 Å². The molecule has 0 aliphatic heterocycles. The number of nitrogens with zero attached hydrogens (tertiary/aromatic N) is 1. The molecule has 1 amide bonds. The molecule has 0 unspecified atom stereocenters. The molecule has 0 saturated heterocycles. The number of rotatable bonds is 7. The van der Waals surface area contributed by atoms with E-state index in [9.17, 15) is 4.79 Å². The van der Waals surface area contributed by atoms with Crippen LogP contribution in [-0.2, 0) is 11.3 Å². The Morgan fingerprint density at radius 3 is 2.62 bits per heavy atom.